The van der Waals surface area contributed by atoms with E-state index >= 15 is 0 Å². The van der Waals surface area contributed by atoms with Crippen LogP contribution in [-0.2, 0) is 16.4 Å². The third-order valence-electron chi connectivity index (χ3n) is 4.87. The Kier molecular flexibility index (Phi) is 5.95. The summed E-state index contributed by atoms with van der Waals surface area (Å²) in [4.78, 5) is 19.2. The average molecular weight is 406 g/mol. The molecule has 1 aliphatic rings. The van der Waals surface area contributed by atoms with Crippen LogP contribution in [0.2, 0.25) is 0 Å². The monoisotopic (exact) mass is 406 g/mol. The molecule has 1 aliphatic heterocycles. The van der Waals surface area contributed by atoms with Gasteiger partial charge >= 0.3 is 6.03 Å². The van der Waals surface area contributed by atoms with Crippen molar-refractivity contribution in [1.82, 2.24) is 9.88 Å². The van der Waals surface area contributed by atoms with Gasteiger partial charge in [-0.2, -0.15) is 0 Å². The van der Waals surface area contributed by atoms with E-state index in [2.05, 4.69) is 9.88 Å². The summed E-state index contributed by atoms with van der Waals surface area (Å²) in [5.74, 6) is -0.478. The Morgan fingerprint density at radius 3 is 2.57 bits per heavy atom. The molecule has 1 aromatic heterocycles. The number of amides is 2. The van der Waals surface area contributed by atoms with Crippen LogP contribution in [0, 0.1) is 5.82 Å². The van der Waals surface area contributed by atoms with Crippen LogP contribution < -0.4 is 10.6 Å². The van der Waals surface area contributed by atoms with Crippen molar-refractivity contribution in [1.29, 1.82) is 0 Å². The molecule has 1 aromatic carbocycles. The van der Waals surface area contributed by atoms with E-state index in [-0.39, 0.29) is 5.25 Å². The van der Waals surface area contributed by atoms with Crippen molar-refractivity contribution in [3.05, 3.63) is 54.1 Å². The van der Waals surface area contributed by atoms with Gasteiger partial charge in [-0.15, -0.1) is 0 Å². The molecular weight excluding hydrogens is 383 g/mol. The summed E-state index contributed by atoms with van der Waals surface area (Å²) in [6.45, 7) is 1.69. The topological polar surface area (TPSA) is 96.6 Å². The number of aromatic nitrogens is 1. The van der Waals surface area contributed by atoms with Crippen molar-refractivity contribution in [2.45, 2.75) is 24.6 Å². The number of rotatable bonds is 5. The molecule has 7 nitrogen and oxygen atoms in total. The van der Waals surface area contributed by atoms with Gasteiger partial charge in [-0.05, 0) is 61.8 Å². The number of hydrogen-bond donors (Lipinski definition) is 1. The third kappa shape index (κ3) is 4.85. The maximum absolute atomic E-state index is 14.2. The first-order valence-corrected chi connectivity index (χ1v) is 10.9. The zero-order valence-corrected chi connectivity index (χ0v) is 16.4. The van der Waals surface area contributed by atoms with Gasteiger partial charge in [0.25, 0.3) is 0 Å². The molecule has 0 radical (unpaired) electrons. The normalized spacial score (nSPS) is 16.1. The Bertz CT molecular complexity index is 945. The van der Waals surface area contributed by atoms with Gasteiger partial charge in [-0.25, -0.2) is 17.6 Å². The molecule has 2 N–H and O–H groups in total. The molecule has 0 aliphatic carbocycles. The molecule has 2 heterocycles. The molecule has 0 saturated carbocycles. The number of pyridine rings is 1. The Balaban J connectivity index is 1.79. The van der Waals surface area contributed by atoms with Crippen LogP contribution in [0.4, 0.5) is 20.6 Å². The molecule has 2 aromatic rings. The van der Waals surface area contributed by atoms with Gasteiger partial charge in [0.15, 0.2) is 0 Å². The molecule has 150 valence electrons. The number of carbonyl (C=O) groups is 1. The second-order valence-corrected chi connectivity index (χ2v) is 9.33. The van der Waals surface area contributed by atoms with E-state index in [9.17, 15) is 17.6 Å². The molecule has 0 spiro atoms. The number of nitrogens with two attached hydrogens (primary N) is 1. The first-order valence-electron chi connectivity index (χ1n) is 8.94. The highest BCUT2D eigenvalue weighted by molar-refractivity contribution is 7.91. The summed E-state index contributed by atoms with van der Waals surface area (Å²) in [7, 11) is -3.04. The number of carbonyl (C=O) groups excluding carboxylic acids is 1. The SMILES string of the molecule is CS(=O)(=O)C1CCN(Cc2cc(F)cc(N(C(N)=O)c3cccnc3)c2)CC1. The Hall–Kier alpha value is -2.52. The van der Waals surface area contributed by atoms with Crippen molar-refractivity contribution in [3.8, 4) is 0 Å². The van der Waals surface area contributed by atoms with Crippen molar-refractivity contribution in [2.24, 2.45) is 5.73 Å². The second kappa shape index (κ2) is 8.24. The van der Waals surface area contributed by atoms with Gasteiger partial charge in [-0.3, -0.25) is 14.8 Å². The maximum Gasteiger partial charge on any atom is 0.323 e. The molecule has 1 saturated heterocycles. The lowest BCUT2D eigenvalue weighted by molar-refractivity contribution is 0.222. The zero-order chi connectivity index (χ0) is 20.3. The van der Waals surface area contributed by atoms with E-state index in [0.29, 0.717) is 49.4 Å². The van der Waals surface area contributed by atoms with E-state index in [1.165, 1.54) is 29.5 Å². The number of likely N-dealkylation sites (tertiary alicyclic amines) is 1. The van der Waals surface area contributed by atoms with Gasteiger partial charge in [0.2, 0.25) is 0 Å². The van der Waals surface area contributed by atoms with Gasteiger partial charge in [0.05, 0.1) is 22.8 Å². The number of benzene rings is 1. The standard InChI is InChI=1S/C19H23FN4O3S/c1-28(26,27)18-4-7-23(8-5-18)13-14-9-15(20)11-17(10-14)24(19(21)25)16-3-2-6-22-12-16/h2-3,6,9-12,18H,4-5,7-8,13H2,1H3,(H2,21,25). The lowest BCUT2D eigenvalue weighted by Gasteiger charge is -2.31. The van der Waals surface area contributed by atoms with Crippen LogP contribution in [0.15, 0.2) is 42.7 Å². The van der Waals surface area contributed by atoms with E-state index in [1.807, 2.05) is 0 Å². The van der Waals surface area contributed by atoms with Crippen molar-refractivity contribution >= 4 is 27.2 Å². The number of primary amides is 1. The van der Waals surface area contributed by atoms with Crippen molar-refractivity contribution in [3.63, 3.8) is 0 Å². The minimum absolute atomic E-state index is 0.317. The van der Waals surface area contributed by atoms with Crippen molar-refractivity contribution < 1.29 is 17.6 Å². The fraction of sp³-hybridized carbons (Fsp3) is 0.368. The van der Waals surface area contributed by atoms with E-state index in [1.54, 1.807) is 24.4 Å². The lowest BCUT2D eigenvalue weighted by Crippen LogP contribution is -2.38. The summed E-state index contributed by atoms with van der Waals surface area (Å²) in [6.07, 6.45) is 5.43. The van der Waals surface area contributed by atoms with Crippen LogP contribution in [0.25, 0.3) is 0 Å². The van der Waals surface area contributed by atoms with Gasteiger partial charge in [0, 0.05) is 19.0 Å². The summed E-state index contributed by atoms with van der Waals surface area (Å²) < 4.78 is 37.6. The highest BCUT2D eigenvalue weighted by Gasteiger charge is 2.26. The zero-order valence-electron chi connectivity index (χ0n) is 15.6. The number of halogens is 1. The first-order chi connectivity index (χ1) is 13.2. The molecule has 9 heteroatoms. The first kappa shape index (κ1) is 20.2. The summed E-state index contributed by atoms with van der Waals surface area (Å²) in [6, 6.07) is 6.96. The minimum Gasteiger partial charge on any atom is -0.351 e. The van der Waals surface area contributed by atoms with Gasteiger partial charge in [-0.1, -0.05) is 0 Å². The number of urea groups is 1. The van der Waals surface area contributed by atoms with Crippen molar-refractivity contribution in [2.75, 3.05) is 24.2 Å². The summed E-state index contributed by atoms with van der Waals surface area (Å²) >= 11 is 0. The van der Waals surface area contributed by atoms with E-state index in [4.69, 9.17) is 5.73 Å². The van der Waals surface area contributed by atoms with Crippen LogP contribution in [0.3, 0.4) is 0 Å². The molecule has 0 bridgehead atoms. The predicted molar refractivity (Wildman–Crippen MR) is 106 cm³/mol. The highest BCUT2D eigenvalue weighted by atomic mass is 32.2. The number of nitrogens with zero attached hydrogens (tertiary/aromatic N) is 3. The smallest absolute Gasteiger partial charge is 0.323 e. The van der Waals surface area contributed by atoms with E-state index < -0.39 is 21.7 Å². The Morgan fingerprint density at radius 1 is 1.29 bits per heavy atom. The molecule has 0 unspecified atom stereocenters. The van der Waals surface area contributed by atoms with Gasteiger partial charge < -0.3 is 5.73 Å². The fourth-order valence-corrected chi connectivity index (χ4v) is 4.56. The fourth-order valence-electron chi connectivity index (χ4n) is 3.50. The van der Waals surface area contributed by atoms with Crippen LogP contribution in [-0.4, -0.2) is 48.9 Å². The van der Waals surface area contributed by atoms with Gasteiger partial charge in [0.1, 0.15) is 15.7 Å². The number of hydrogen-bond acceptors (Lipinski definition) is 5. The molecule has 1 fully saturated rings. The summed E-state index contributed by atoms with van der Waals surface area (Å²) in [5, 5.41) is -0.317. The Labute approximate surface area is 163 Å². The molecule has 2 amide bonds. The predicted octanol–water partition coefficient (Wildman–Crippen LogP) is 2.45. The number of piperidine rings is 1. The Morgan fingerprint density at radius 2 is 2.00 bits per heavy atom. The third-order valence-corrected chi connectivity index (χ3v) is 6.55. The van der Waals surface area contributed by atoms with Crippen LogP contribution in [0.5, 0.6) is 0 Å². The summed E-state index contributed by atoms with van der Waals surface area (Å²) in [5.41, 5.74) is 6.96. The largest absolute Gasteiger partial charge is 0.351 e. The second-order valence-electron chi connectivity index (χ2n) is 7.01. The molecular formula is C19H23FN4O3S. The maximum atomic E-state index is 14.2. The molecule has 28 heavy (non-hydrogen) atoms. The average Bonchev–Trinajstić information content (AvgIpc) is 2.62. The lowest BCUT2D eigenvalue weighted by atomic mass is 10.1. The highest BCUT2D eigenvalue weighted by Crippen LogP contribution is 2.27. The molecule has 3 rings (SSSR count). The quantitative estimate of drug-likeness (QED) is 0.823. The molecule has 0 atom stereocenters. The van der Waals surface area contributed by atoms with E-state index in [0.717, 1.165) is 0 Å². The number of sulfone groups is 1. The number of anilines is 2. The van der Waals surface area contributed by atoms with Crippen LogP contribution >= 0.6 is 0 Å². The van der Waals surface area contributed by atoms with Crippen LogP contribution in [0.1, 0.15) is 18.4 Å². The minimum atomic E-state index is -3.04.